The molecular weight excluding hydrogens is 242 g/mol. The lowest BCUT2D eigenvalue weighted by molar-refractivity contribution is -0.133. The number of carbonyl (C=O) groups is 1. The van der Waals surface area contributed by atoms with Gasteiger partial charge < -0.3 is 14.4 Å². The van der Waals surface area contributed by atoms with E-state index in [1.807, 2.05) is 36.1 Å². The molecule has 1 aliphatic heterocycles. The Bertz CT molecular complexity index is 484. The predicted molar refractivity (Wildman–Crippen MR) is 70.9 cm³/mol. The summed E-state index contributed by atoms with van der Waals surface area (Å²) in [5.74, 6) is 0.964. The van der Waals surface area contributed by atoms with Crippen molar-refractivity contribution in [2.24, 2.45) is 0 Å². The average Bonchev–Trinajstić information content (AvgIpc) is 3.31. The second-order valence-corrected chi connectivity index (χ2v) is 5.27. The molecule has 4 nitrogen and oxygen atoms in total. The van der Waals surface area contributed by atoms with Crippen LogP contribution in [0.1, 0.15) is 25.3 Å². The second-order valence-electron chi connectivity index (χ2n) is 5.27. The van der Waals surface area contributed by atoms with Crippen LogP contribution < -0.4 is 4.74 Å². The molecule has 0 N–H and O–H groups in total. The zero-order valence-corrected chi connectivity index (χ0v) is 11.3. The van der Waals surface area contributed by atoms with Crippen LogP contribution in [-0.4, -0.2) is 36.2 Å². The number of rotatable bonds is 5. The first-order chi connectivity index (χ1) is 9.20. The van der Waals surface area contributed by atoms with Gasteiger partial charge in [0, 0.05) is 18.2 Å². The van der Waals surface area contributed by atoms with E-state index in [0.717, 1.165) is 24.2 Å². The van der Waals surface area contributed by atoms with Crippen molar-refractivity contribution in [2.75, 3.05) is 7.11 Å². The molecule has 1 heterocycles. The first-order valence-electron chi connectivity index (χ1n) is 6.78. The molecule has 0 unspecified atom stereocenters. The van der Waals surface area contributed by atoms with Gasteiger partial charge in [0.2, 0.25) is 0 Å². The predicted octanol–water partition coefficient (Wildman–Crippen LogP) is 1.97. The van der Waals surface area contributed by atoms with Crippen LogP contribution in [0.3, 0.4) is 0 Å². The highest BCUT2D eigenvalue weighted by molar-refractivity contribution is 5.84. The Morgan fingerprint density at radius 1 is 1.42 bits per heavy atom. The maximum absolute atomic E-state index is 12.4. The first-order valence-corrected chi connectivity index (χ1v) is 6.78. The topological polar surface area (TPSA) is 42.1 Å². The molecule has 2 fully saturated rings. The smallest absolute Gasteiger partial charge is 0.254 e. The van der Waals surface area contributed by atoms with Crippen molar-refractivity contribution >= 4 is 5.91 Å². The monoisotopic (exact) mass is 261 g/mol. The number of carbonyl (C=O) groups excluding carboxylic acids is 1. The Balaban J connectivity index is 1.76. The van der Waals surface area contributed by atoms with Gasteiger partial charge in [-0.3, -0.25) is 4.79 Å². The van der Waals surface area contributed by atoms with Crippen molar-refractivity contribution in [3.63, 3.8) is 0 Å². The van der Waals surface area contributed by atoms with Crippen molar-refractivity contribution in [3.8, 4) is 5.75 Å². The molecule has 0 aromatic heterocycles. The van der Waals surface area contributed by atoms with Crippen LogP contribution in [0.25, 0.3) is 0 Å². The molecule has 102 valence electrons. The summed E-state index contributed by atoms with van der Waals surface area (Å²) in [6.07, 6.45) is 2.05. The summed E-state index contributed by atoms with van der Waals surface area (Å²) in [5.41, 5.74) is 1.05. The summed E-state index contributed by atoms with van der Waals surface area (Å²) in [6, 6.07) is 8.25. The van der Waals surface area contributed by atoms with Gasteiger partial charge in [0.05, 0.1) is 13.2 Å². The number of methoxy groups -OCH3 is 1. The molecule has 3 rings (SSSR count). The highest BCUT2D eigenvalue weighted by atomic mass is 16.6. The van der Waals surface area contributed by atoms with E-state index < -0.39 is 0 Å². The fraction of sp³-hybridized carbons (Fsp3) is 0.533. The molecule has 2 atom stereocenters. The molecule has 1 saturated carbocycles. The SMILES string of the molecule is COc1ccccc1CN(C(=O)[C@@H]1O[C@H]1C)C1CC1. The van der Waals surface area contributed by atoms with Crippen LogP contribution in [-0.2, 0) is 16.1 Å². The Morgan fingerprint density at radius 2 is 2.11 bits per heavy atom. The molecule has 0 radical (unpaired) electrons. The van der Waals surface area contributed by atoms with E-state index in [0.29, 0.717) is 12.6 Å². The molecule has 2 aliphatic rings. The standard InChI is InChI=1S/C15H19NO3/c1-10-14(19-10)15(17)16(12-7-8-12)9-11-5-3-4-6-13(11)18-2/h3-6,10,12,14H,7-9H2,1-2H3/t10-,14+/m0/s1. The minimum atomic E-state index is -0.227. The Labute approximate surface area is 113 Å². The number of amides is 1. The van der Waals surface area contributed by atoms with E-state index >= 15 is 0 Å². The second kappa shape index (κ2) is 4.85. The van der Waals surface area contributed by atoms with E-state index in [4.69, 9.17) is 9.47 Å². The van der Waals surface area contributed by atoms with Crippen molar-refractivity contribution in [1.82, 2.24) is 4.90 Å². The van der Waals surface area contributed by atoms with Gasteiger partial charge in [0.25, 0.3) is 5.91 Å². The maximum Gasteiger partial charge on any atom is 0.254 e. The molecule has 0 bridgehead atoms. The van der Waals surface area contributed by atoms with Crippen LogP contribution in [0.5, 0.6) is 5.75 Å². The van der Waals surface area contributed by atoms with Gasteiger partial charge in [-0.2, -0.15) is 0 Å². The molecule has 4 heteroatoms. The third kappa shape index (κ3) is 2.59. The first kappa shape index (κ1) is 12.5. The minimum Gasteiger partial charge on any atom is -0.496 e. The van der Waals surface area contributed by atoms with E-state index in [-0.39, 0.29) is 18.1 Å². The van der Waals surface area contributed by atoms with Crippen molar-refractivity contribution in [1.29, 1.82) is 0 Å². The van der Waals surface area contributed by atoms with Gasteiger partial charge in [-0.05, 0) is 25.8 Å². The molecule has 1 aliphatic carbocycles. The summed E-state index contributed by atoms with van der Waals surface area (Å²) in [4.78, 5) is 14.3. The minimum absolute atomic E-state index is 0.0754. The normalized spacial score (nSPS) is 24.9. The van der Waals surface area contributed by atoms with Crippen LogP contribution in [0.4, 0.5) is 0 Å². The molecule has 1 saturated heterocycles. The van der Waals surface area contributed by atoms with Crippen LogP contribution in [0, 0.1) is 0 Å². The van der Waals surface area contributed by atoms with Gasteiger partial charge in [0.1, 0.15) is 5.75 Å². The van der Waals surface area contributed by atoms with E-state index in [1.54, 1.807) is 7.11 Å². The van der Waals surface area contributed by atoms with Crippen LogP contribution >= 0.6 is 0 Å². The third-order valence-corrected chi connectivity index (χ3v) is 3.76. The van der Waals surface area contributed by atoms with Gasteiger partial charge >= 0.3 is 0 Å². The Hall–Kier alpha value is -1.55. The summed E-state index contributed by atoms with van der Waals surface area (Å²) >= 11 is 0. The molecular formula is C15H19NO3. The highest BCUT2D eigenvalue weighted by Crippen LogP contribution is 2.34. The third-order valence-electron chi connectivity index (χ3n) is 3.76. The number of hydrogen-bond donors (Lipinski definition) is 0. The van der Waals surface area contributed by atoms with Crippen molar-refractivity contribution in [2.45, 2.75) is 44.6 Å². The van der Waals surface area contributed by atoms with E-state index in [9.17, 15) is 4.79 Å². The summed E-state index contributed by atoms with van der Waals surface area (Å²) in [7, 11) is 1.66. The molecule has 0 spiro atoms. The number of epoxide rings is 1. The zero-order chi connectivity index (χ0) is 13.4. The lowest BCUT2D eigenvalue weighted by Gasteiger charge is -2.22. The number of ether oxygens (including phenoxy) is 2. The zero-order valence-electron chi connectivity index (χ0n) is 11.3. The lowest BCUT2D eigenvalue weighted by atomic mass is 10.1. The fourth-order valence-electron chi connectivity index (χ4n) is 2.40. The van der Waals surface area contributed by atoms with Gasteiger partial charge in [-0.25, -0.2) is 0 Å². The Kier molecular flexibility index (Phi) is 3.19. The largest absolute Gasteiger partial charge is 0.496 e. The molecule has 1 amide bonds. The molecule has 19 heavy (non-hydrogen) atoms. The lowest BCUT2D eigenvalue weighted by Crippen LogP contribution is -2.36. The van der Waals surface area contributed by atoms with Crippen molar-refractivity contribution < 1.29 is 14.3 Å². The number of benzene rings is 1. The van der Waals surface area contributed by atoms with Gasteiger partial charge in [-0.1, -0.05) is 18.2 Å². The summed E-state index contributed by atoms with van der Waals surface area (Å²) < 4.78 is 10.7. The Morgan fingerprint density at radius 3 is 2.68 bits per heavy atom. The van der Waals surface area contributed by atoms with Crippen molar-refractivity contribution in [3.05, 3.63) is 29.8 Å². The van der Waals surface area contributed by atoms with Gasteiger partial charge in [-0.15, -0.1) is 0 Å². The molecule has 1 aromatic carbocycles. The van der Waals surface area contributed by atoms with E-state index in [2.05, 4.69) is 0 Å². The van der Waals surface area contributed by atoms with Gasteiger partial charge in [0.15, 0.2) is 6.10 Å². The maximum atomic E-state index is 12.4. The fourth-order valence-corrected chi connectivity index (χ4v) is 2.40. The van der Waals surface area contributed by atoms with Crippen LogP contribution in [0.2, 0.25) is 0 Å². The molecule has 1 aromatic rings. The number of hydrogen-bond acceptors (Lipinski definition) is 3. The number of para-hydroxylation sites is 1. The summed E-state index contributed by atoms with van der Waals surface area (Å²) in [6.45, 7) is 2.55. The number of nitrogens with zero attached hydrogens (tertiary/aromatic N) is 1. The van der Waals surface area contributed by atoms with E-state index in [1.165, 1.54) is 0 Å². The summed E-state index contributed by atoms with van der Waals surface area (Å²) in [5, 5.41) is 0. The van der Waals surface area contributed by atoms with Crippen LogP contribution in [0.15, 0.2) is 24.3 Å². The quantitative estimate of drug-likeness (QED) is 0.761. The highest BCUT2D eigenvalue weighted by Gasteiger charge is 2.46. The average molecular weight is 261 g/mol.